The Labute approximate surface area is 122 Å². The van der Waals surface area contributed by atoms with Gasteiger partial charge in [-0.3, -0.25) is 4.79 Å². The molecule has 0 radical (unpaired) electrons. The highest BCUT2D eigenvalue weighted by atomic mass is 16.5. The second kappa shape index (κ2) is 5.08. The van der Waals surface area contributed by atoms with Gasteiger partial charge < -0.3 is 15.8 Å². The summed E-state index contributed by atoms with van der Waals surface area (Å²) in [7, 11) is 1.61. The summed E-state index contributed by atoms with van der Waals surface area (Å²) in [4.78, 5) is 16.1. The zero-order valence-electron chi connectivity index (χ0n) is 11.9. The number of nitrogens with two attached hydrogens (primary N) is 1. The highest BCUT2D eigenvalue weighted by Crippen LogP contribution is 2.36. The van der Waals surface area contributed by atoms with Gasteiger partial charge in [0.2, 0.25) is 11.9 Å². The molecule has 2 aromatic rings. The molecule has 1 aromatic heterocycles. The predicted octanol–water partition coefficient (Wildman–Crippen LogP) is 0.792. The lowest BCUT2D eigenvalue weighted by Gasteiger charge is -2.36. The number of amides is 1. The summed E-state index contributed by atoms with van der Waals surface area (Å²) >= 11 is 0. The SMILES string of the molecule is COc1cccc([C@@H]2[C@@H](C(N)=O)[C@H](C)Nc3ncnn32)c1. The Morgan fingerprint density at radius 3 is 3.00 bits per heavy atom. The molecule has 0 fully saturated rings. The third-order valence-corrected chi connectivity index (χ3v) is 3.84. The number of primary amides is 1. The van der Waals surface area contributed by atoms with Gasteiger partial charge in [0.05, 0.1) is 19.1 Å². The number of anilines is 1. The van der Waals surface area contributed by atoms with E-state index in [4.69, 9.17) is 10.5 Å². The van der Waals surface area contributed by atoms with Gasteiger partial charge in [-0.1, -0.05) is 12.1 Å². The molecule has 0 saturated carbocycles. The van der Waals surface area contributed by atoms with Crippen LogP contribution in [0, 0.1) is 5.92 Å². The average molecular weight is 287 g/mol. The Morgan fingerprint density at radius 2 is 2.29 bits per heavy atom. The summed E-state index contributed by atoms with van der Waals surface area (Å²) in [6, 6.07) is 7.14. The fourth-order valence-corrected chi connectivity index (χ4v) is 2.85. The fourth-order valence-electron chi connectivity index (χ4n) is 2.85. The van der Waals surface area contributed by atoms with E-state index in [1.807, 2.05) is 31.2 Å². The first-order valence-electron chi connectivity index (χ1n) is 6.71. The molecule has 0 saturated heterocycles. The topological polar surface area (TPSA) is 95.1 Å². The smallest absolute Gasteiger partial charge is 0.225 e. The van der Waals surface area contributed by atoms with E-state index in [1.165, 1.54) is 6.33 Å². The van der Waals surface area contributed by atoms with E-state index >= 15 is 0 Å². The lowest BCUT2D eigenvalue weighted by Crippen LogP contribution is -2.47. The van der Waals surface area contributed by atoms with E-state index in [0.717, 1.165) is 11.3 Å². The molecule has 1 aliphatic rings. The molecule has 110 valence electrons. The standard InChI is InChI=1S/C14H17N5O2/c1-8-11(13(15)20)12(19-14(18-8)16-7-17-19)9-4-3-5-10(6-9)21-2/h3-8,11-12H,1-2H3,(H2,15,20)(H,16,17,18)/t8-,11-,12+/m0/s1. The molecule has 3 atom stereocenters. The number of nitrogens with one attached hydrogen (secondary N) is 1. The number of nitrogens with zero attached hydrogens (tertiary/aromatic N) is 3. The minimum atomic E-state index is -0.425. The van der Waals surface area contributed by atoms with Crippen molar-refractivity contribution in [1.29, 1.82) is 0 Å². The highest BCUT2D eigenvalue weighted by molar-refractivity contribution is 5.79. The zero-order chi connectivity index (χ0) is 15.0. The van der Waals surface area contributed by atoms with E-state index < -0.39 is 5.92 Å². The zero-order valence-corrected chi connectivity index (χ0v) is 11.9. The number of carbonyl (C=O) groups excluding carboxylic acids is 1. The third-order valence-electron chi connectivity index (χ3n) is 3.84. The second-order valence-corrected chi connectivity index (χ2v) is 5.11. The normalized spacial score (nSPS) is 24.0. The molecule has 3 rings (SSSR count). The molecule has 1 amide bonds. The molecule has 7 heteroatoms. The largest absolute Gasteiger partial charge is 0.497 e. The van der Waals surface area contributed by atoms with Crippen LogP contribution in [0.15, 0.2) is 30.6 Å². The van der Waals surface area contributed by atoms with Crippen LogP contribution < -0.4 is 15.8 Å². The fraction of sp³-hybridized carbons (Fsp3) is 0.357. The lowest BCUT2D eigenvalue weighted by molar-refractivity contribution is -0.123. The van der Waals surface area contributed by atoms with Gasteiger partial charge in [0, 0.05) is 6.04 Å². The number of rotatable bonds is 3. The first-order chi connectivity index (χ1) is 10.1. The van der Waals surface area contributed by atoms with Gasteiger partial charge in [0.15, 0.2) is 0 Å². The number of carbonyl (C=O) groups is 1. The van der Waals surface area contributed by atoms with Crippen LogP contribution in [0.4, 0.5) is 5.95 Å². The van der Waals surface area contributed by atoms with E-state index in [9.17, 15) is 4.79 Å². The summed E-state index contributed by atoms with van der Waals surface area (Å²) < 4.78 is 6.96. The van der Waals surface area contributed by atoms with Crippen LogP contribution in [-0.4, -0.2) is 33.8 Å². The van der Waals surface area contributed by atoms with E-state index in [2.05, 4.69) is 15.4 Å². The minimum Gasteiger partial charge on any atom is -0.497 e. The number of fused-ring (bicyclic) bond motifs is 1. The number of methoxy groups -OCH3 is 1. The van der Waals surface area contributed by atoms with Crippen molar-refractivity contribution in [3.05, 3.63) is 36.2 Å². The molecule has 1 aromatic carbocycles. The number of aromatic nitrogens is 3. The maximum Gasteiger partial charge on any atom is 0.225 e. The molecule has 0 unspecified atom stereocenters. The molecule has 21 heavy (non-hydrogen) atoms. The van der Waals surface area contributed by atoms with Crippen molar-refractivity contribution in [3.63, 3.8) is 0 Å². The van der Waals surface area contributed by atoms with Gasteiger partial charge in [-0.2, -0.15) is 10.1 Å². The van der Waals surface area contributed by atoms with Crippen LogP contribution in [0.2, 0.25) is 0 Å². The van der Waals surface area contributed by atoms with Crippen molar-refractivity contribution in [2.45, 2.75) is 19.0 Å². The van der Waals surface area contributed by atoms with E-state index in [-0.39, 0.29) is 18.0 Å². The van der Waals surface area contributed by atoms with Gasteiger partial charge in [0.25, 0.3) is 0 Å². The van der Waals surface area contributed by atoms with Crippen LogP contribution >= 0.6 is 0 Å². The van der Waals surface area contributed by atoms with Crippen molar-refractivity contribution >= 4 is 11.9 Å². The number of hydrogen-bond acceptors (Lipinski definition) is 5. The summed E-state index contributed by atoms with van der Waals surface area (Å²) in [6.07, 6.45) is 1.46. The van der Waals surface area contributed by atoms with Crippen LogP contribution in [0.25, 0.3) is 0 Å². The van der Waals surface area contributed by atoms with Crippen molar-refractivity contribution in [3.8, 4) is 5.75 Å². The Hall–Kier alpha value is -2.57. The third kappa shape index (κ3) is 2.20. The quantitative estimate of drug-likeness (QED) is 0.870. The number of ether oxygens (including phenoxy) is 1. The lowest BCUT2D eigenvalue weighted by atomic mass is 9.85. The maximum atomic E-state index is 11.9. The van der Waals surface area contributed by atoms with E-state index in [1.54, 1.807) is 11.8 Å². The van der Waals surface area contributed by atoms with Crippen molar-refractivity contribution in [2.24, 2.45) is 11.7 Å². The molecule has 3 N–H and O–H groups in total. The van der Waals surface area contributed by atoms with Crippen molar-refractivity contribution in [1.82, 2.24) is 14.8 Å². The molecule has 1 aliphatic heterocycles. The van der Waals surface area contributed by atoms with Gasteiger partial charge in [0.1, 0.15) is 12.1 Å². The summed E-state index contributed by atoms with van der Waals surface area (Å²) in [5, 5.41) is 7.39. The summed E-state index contributed by atoms with van der Waals surface area (Å²) in [6.45, 7) is 1.92. The molecular weight excluding hydrogens is 270 g/mol. The average Bonchev–Trinajstić information content (AvgIpc) is 2.93. The Balaban J connectivity index is 2.13. The molecular formula is C14H17N5O2. The van der Waals surface area contributed by atoms with Crippen LogP contribution in [0.5, 0.6) is 5.75 Å². The number of benzene rings is 1. The Bertz CT molecular complexity index is 669. The first-order valence-corrected chi connectivity index (χ1v) is 6.71. The Kier molecular flexibility index (Phi) is 3.25. The van der Waals surface area contributed by atoms with Crippen LogP contribution in [-0.2, 0) is 4.79 Å². The van der Waals surface area contributed by atoms with Gasteiger partial charge in [-0.15, -0.1) is 0 Å². The number of hydrogen-bond donors (Lipinski definition) is 2. The van der Waals surface area contributed by atoms with Crippen molar-refractivity contribution < 1.29 is 9.53 Å². The Morgan fingerprint density at radius 1 is 1.48 bits per heavy atom. The van der Waals surface area contributed by atoms with Gasteiger partial charge in [-0.25, -0.2) is 4.68 Å². The van der Waals surface area contributed by atoms with Gasteiger partial charge >= 0.3 is 0 Å². The van der Waals surface area contributed by atoms with E-state index in [0.29, 0.717) is 5.95 Å². The summed E-state index contributed by atoms with van der Waals surface area (Å²) in [5.74, 6) is 0.562. The predicted molar refractivity (Wildman–Crippen MR) is 76.9 cm³/mol. The minimum absolute atomic E-state index is 0.129. The summed E-state index contributed by atoms with van der Waals surface area (Å²) in [5.41, 5.74) is 6.53. The highest BCUT2D eigenvalue weighted by Gasteiger charge is 2.40. The van der Waals surface area contributed by atoms with Crippen LogP contribution in [0.1, 0.15) is 18.5 Å². The molecule has 0 aliphatic carbocycles. The molecule has 0 spiro atoms. The molecule has 0 bridgehead atoms. The van der Waals surface area contributed by atoms with Gasteiger partial charge in [-0.05, 0) is 24.6 Å². The molecule has 2 heterocycles. The molecule has 7 nitrogen and oxygen atoms in total. The monoisotopic (exact) mass is 287 g/mol. The second-order valence-electron chi connectivity index (χ2n) is 5.11. The maximum absolute atomic E-state index is 11.9. The van der Waals surface area contributed by atoms with Crippen LogP contribution in [0.3, 0.4) is 0 Å². The van der Waals surface area contributed by atoms with Crippen molar-refractivity contribution in [2.75, 3.05) is 12.4 Å². The first kappa shape index (κ1) is 13.4.